The molecule has 0 spiro atoms. The lowest BCUT2D eigenvalue weighted by Crippen LogP contribution is -2.23. The van der Waals surface area contributed by atoms with Gasteiger partial charge in [-0.25, -0.2) is 10.5 Å². The molecule has 1 aromatic rings. The predicted octanol–water partition coefficient (Wildman–Crippen LogP) is 0.421. The Morgan fingerprint density at radius 1 is 1.67 bits per heavy atom. The first-order valence-corrected chi connectivity index (χ1v) is 3.42. The van der Waals surface area contributed by atoms with Crippen LogP contribution in [-0.2, 0) is 4.84 Å². The summed E-state index contributed by atoms with van der Waals surface area (Å²) in [6.45, 7) is 0. The molecule has 0 aliphatic rings. The van der Waals surface area contributed by atoms with Gasteiger partial charge < -0.3 is 0 Å². The summed E-state index contributed by atoms with van der Waals surface area (Å²) in [6.07, 6.45) is 2.63. The Hall–Kier alpha value is -1.20. The van der Waals surface area contributed by atoms with Gasteiger partial charge in [-0.3, -0.25) is 14.6 Å². The second-order valence-electron chi connectivity index (χ2n) is 1.86. The van der Waals surface area contributed by atoms with Gasteiger partial charge in [-0.1, -0.05) is 11.6 Å². The number of hydrogen-bond donors (Lipinski definition) is 1. The Labute approximate surface area is 73.7 Å². The largest absolute Gasteiger partial charge is 0.295 e. The number of carbonyl (C=O) groups excluding carboxylic acids is 1. The van der Waals surface area contributed by atoms with E-state index < -0.39 is 5.91 Å². The third-order valence-corrected chi connectivity index (χ3v) is 1.21. The molecule has 0 unspecified atom stereocenters. The van der Waals surface area contributed by atoms with E-state index >= 15 is 0 Å². The van der Waals surface area contributed by atoms with Crippen LogP contribution in [-0.4, -0.2) is 23.0 Å². The van der Waals surface area contributed by atoms with Gasteiger partial charge in [0, 0.05) is 0 Å². The Morgan fingerprint density at radius 3 is 3.00 bits per heavy atom. The summed E-state index contributed by atoms with van der Waals surface area (Å²) in [5.41, 5.74) is 2.20. The van der Waals surface area contributed by atoms with Crippen molar-refractivity contribution in [3.05, 3.63) is 23.2 Å². The van der Waals surface area contributed by atoms with E-state index in [-0.39, 0.29) is 10.8 Å². The molecule has 0 atom stereocenters. The van der Waals surface area contributed by atoms with Crippen LogP contribution in [0.3, 0.4) is 0 Å². The highest BCUT2D eigenvalue weighted by Crippen LogP contribution is 2.01. The fourth-order valence-corrected chi connectivity index (χ4v) is 0.744. The predicted molar refractivity (Wildman–Crippen MR) is 41.5 cm³/mol. The van der Waals surface area contributed by atoms with Crippen LogP contribution in [0.2, 0.25) is 5.15 Å². The minimum absolute atomic E-state index is 0.115. The summed E-state index contributed by atoms with van der Waals surface area (Å²) in [5.74, 6) is -0.479. The molecule has 0 aliphatic carbocycles. The van der Waals surface area contributed by atoms with Gasteiger partial charge in [0.25, 0.3) is 5.91 Å². The standard InChI is InChI=1S/C6H6ClN3O2/c1-12-10-6(11)4-2-8-3-5(7)9-4/h2-3H,1H3,(H,10,11). The SMILES string of the molecule is CONC(=O)c1cncc(Cl)n1. The van der Waals surface area contributed by atoms with Crippen LogP contribution < -0.4 is 5.48 Å². The Balaban J connectivity index is 2.81. The third-order valence-electron chi connectivity index (χ3n) is 1.03. The number of hydroxylamine groups is 1. The molecule has 1 rings (SSSR count). The lowest BCUT2D eigenvalue weighted by Gasteiger charge is -1.99. The summed E-state index contributed by atoms with van der Waals surface area (Å²) in [5, 5.41) is 0.166. The van der Waals surface area contributed by atoms with E-state index in [4.69, 9.17) is 11.6 Å². The second kappa shape index (κ2) is 3.99. The second-order valence-corrected chi connectivity index (χ2v) is 2.25. The van der Waals surface area contributed by atoms with Gasteiger partial charge in [-0.15, -0.1) is 0 Å². The van der Waals surface area contributed by atoms with Crippen LogP contribution in [0.4, 0.5) is 0 Å². The molecule has 64 valence electrons. The molecule has 0 radical (unpaired) electrons. The van der Waals surface area contributed by atoms with Crippen molar-refractivity contribution >= 4 is 17.5 Å². The van der Waals surface area contributed by atoms with Crippen LogP contribution >= 0.6 is 11.6 Å². The molecule has 0 aliphatic heterocycles. The summed E-state index contributed by atoms with van der Waals surface area (Å²) in [6, 6.07) is 0. The molecule has 1 amide bonds. The van der Waals surface area contributed by atoms with Crippen molar-refractivity contribution < 1.29 is 9.63 Å². The molecular weight excluding hydrogens is 182 g/mol. The Bertz CT molecular complexity index is 292. The van der Waals surface area contributed by atoms with Gasteiger partial charge in [0.05, 0.1) is 19.5 Å². The van der Waals surface area contributed by atoms with Crippen molar-refractivity contribution in [1.82, 2.24) is 15.4 Å². The van der Waals surface area contributed by atoms with Gasteiger partial charge in [0.15, 0.2) is 0 Å². The molecule has 1 aromatic heterocycles. The Kier molecular flexibility index (Phi) is 2.95. The number of rotatable bonds is 2. The van der Waals surface area contributed by atoms with E-state index in [9.17, 15) is 4.79 Å². The van der Waals surface area contributed by atoms with Gasteiger partial charge in [0.2, 0.25) is 0 Å². The fourth-order valence-electron chi connectivity index (χ4n) is 0.597. The van der Waals surface area contributed by atoms with Crippen molar-refractivity contribution in [2.75, 3.05) is 7.11 Å². The minimum atomic E-state index is -0.479. The van der Waals surface area contributed by atoms with E-state index in [1.807, 2.05) is 0 Å². The van der Waals surface area contributed by atoms with Crippen LogP contribution in [0, 0.1) is 0 Å². The van der Waals surface area contributed by atoms with Crippen LogP contribution in [0.15, 0.2) is 12.4 Å². The summed E-state index contributed by atoms with van der Waals surface area (Å²) in [4.78, 5) is 22.8. The van der Waals surface area contributed by atoms with E-state index in [1.54, 1.807) is 0 Å². The lowest BCUT2D eigenvalue weighted by molar-refractivity contribution is 0.0532. The average Bonchev–Trinajstić information content (AvgIpc) is 2.05. The number of amides is 1. The van der Waals surface area contributed by atoms with Crippen molar-refractivity contribution in [2.24, 2.45) is 0 Å². The summed E-state index contributed by atoms with van der Waals surface area (Å²) < 4.78 is 0. The highest BCUT2D eigenvalue weighted by Gasteiger charge is 2.06. The zero-order valence-corrected chi connectivity index (χ0v) is 7.00. The zero-order chi connectivity index (χ0) is 8.97. The zero-order valence-electron chi connectivity index (χ0n) is 6.24. The van der Waals surface area contributed by atoms with Gasteiger partial charge in [-0.05, 0) is 0 Å². The fraction of sp³-hybridized carbons (Fsp3) is 0.167. The van der Waals surface area contributed by atoms with E-state index in [2.05, 4.69) is 20.3 Å². The van der Waals surface area contributed by atoms with Gasteiger partial charge in [-0.2, -0.15) is 0 Å². The van der Waals surface area contributed by atoms with Crippen molar-refractivity contribution in [1.29, 1.82) is 0 Å². The van der Waals surface area contributed by atoms with Crippen molar-refractivity contribution in [3.8, 4) is 0 Å². The molecule has 0 saturated carbocycles. The monoisotopic (exact) mass is 187 g/mol. The van der Waals surface area contributed by atoms with E-state index in [0.717, 1.165) is 0 Å². The van der Waals surface area contributed by atoms with Crippen molar-refractivity contribution in [2.45, 2.75) is 0 Å². The quantitative estimate of drug-likeness (QED) is 0.682. The molecule has 6 heteroatoms. The summed E-state index contributed by atoms with van der Waals surface area (Å²) >= 11 is 5.49. The van der Waals surface area contributed by atoms with Crippen molar-refractivity contribution in [3.63, 3.8) is 0 Å². The first kappa shape index (κ1) is 8.89. The topological polar surface area (TPSA) is 64.1 Å². The maximum Gasteiger partial charge on any atom is 0.295 e. The third kappa shape index (κ3) is 2.14. The lowest BCUT2D eigenvalue weighted by atomic mass is 10.4. The van der Waals surface area contributed by atoms with E-state index in [0.29, 0.717) is 0 Å². The number of nitrogens with zero attached hydrogens (tertiary/aromatic N) is 2. The molecule has 0 fully saturated rings. The number of hydrogen-bond acceptors (Lipinski definition) is 4. The molecule has 0 saturated heterocycles. The smallest absolute Gasteiger partial charge is 0.277 e. The highest BCUT2D eigenvalue weighted by atomic mass is 35.5. The minimum Gasteiger partial charge on any atom is -0.277 e. The van der Waals surface area contributed by atoms with Gasteiger partial charge >= 0.3 is 0 Å². The van der Waals surface area contributed by atoms with Crippen LogP contribution in [0.25, 0.3) is 0 Å². The molecule has 0 bridgehead atoms. The normalized spacial score (nSPS) is 9.50. The molecule has 0 aromatic carbocycles. The first-order valence-electron chi connectivity index (χ1n) is 3.05. The number of aromatic nitrogens is 2. The molecule has 5 nitrogen and oxygen atoms in total. The molecular formula is C6H6ClN3O2. The number of halogens is 1. The highest BCUT2D eigenvalue weighted by molar-refractivity contribution is 6.29. The molecule has 1 heterocycles. The average molecular weight is 188 g/mol. The molecule has 1 N–H and O–H groups in total. The molecule has 12 heavy (non-hydrogen) atoms. The van der Waals surface area contributed by atoms with Crippen LogP contribution in [0.5, 0.6) is 0 Å². The first-order chi connectivity index (χ1) is 5.74. The maximum atomic E-state index is 11.0. The van der Waals surface area contributed by atoms with E-state index in [1.165, 1.54) is 19.5 Å². The number of carbonyl (C=O) groups is 1. The Morgan fingerprint density at radius 2 is 2.42 bits per heavy atom. The summed E-state index contributed by atoms with van der Waals surface area (Å²) in [7, 11) is 1.33. The van der Waals surface area contributed by atoms with Gasteiger partial charge in [0.1, 0.15) is 10.8 Å². The van der Waals surface area contributed by atoms with Crippen LogP contribution in [0.1, 0.15) is 10.5 Å². The maximum absolute atomic E-state index is 11.0. The number of nitrogens with one attached hydrogen (secondary N) is 1.